The molecule has 2 atom stereocenters. The largest absolute Gasteiger partial charge is 0.470 e. The summed E-state index contributed by atoms with van der Waals surface area (Å²) in [4.78, 5) is 17.8. The predicted molar refractivity (Wildman–Crippen MR) is 56.9 cm³/mol. The minimum atomic E-state index is -0.240. The molecule has 1 N–H and O–H groups in total. The summed E-state index contributed by atoms with van der Waals surface area (Å²) in [7, 11) is 0. The molecule has 4 nitrogen and oxygen atoms in total. The monoisotopic (exact) mass is 208 g/mol. The van der Waals surface area contributed by atoms with Gasteiger partial charge in [-0.2, -0.15) is 0 Å². The lowest BCUT2D eigenvalue weighted by molar-refractivity contribution is 0.122. The van der Waals surface area contributed by atoms with Crippen molar-refractivity contribution in [3.05, 3.63) is 22.7 Å². The molecule has 15 heavy (non-hydrogen) atoms. The number of H-pyrrole nitrogens is 1. The molecule has 0 aromatic carbocycles. The van der Waals surface area contributed by atoms with Crippen LogP contribution in [0.2, 0.25) is 0 Å². The van der Waals surface area contributed by atoms with Crippen LogP contribution in [0.1, 0.15) is 32.6 Å². The van der Waals surface area contributed by atoms with E-state index in [2.05, 4.69) is 16.9 Å². The summed E-state index contributed by atoms with van der Waals surface area (Å²) in [5, 5.41) is 0. The van der Waals surface area contributed by atoms with Crippen LogP contribution < -0.4 is 10.3 Å². The van der Waals surface area contributed by atoms with Crippen molar-refractivity contribution < 1.29 is 4.74 Å². The molecule has 0 bridgehead atoms. The highest BCUT2D eigenvalue weighted by Crippen LogP contribution is 2.25. The van der Waals surface area contributed by atoms with E-state index in [9.17, 15) is 4.79 Å². The fraction of sp³-hybridized carbons (Fsp3) is 0.636. The van der Waals surface area contributed by atoms with Crippen LogP contribution in [0.4, 0.5) is 0 Å². The number of aromatic nitrogens is 2. The summed E-state index contributed by atoms with van der Waals surface area (Å²) in [6, 6.07) is 0. The van der Waals surface area contributed by atoms with Gasteiger partial charge in [-0.1, -0.05) is 13.3 Å². The average molecular weight is 208 g/mol. The Kier molecular flexibility index (Phi) is 3.04. The first-order valence-electron chi connectivity index (χ1n) is 5.46. The molecule has 1 aromatic heterocycles. The summed E-state index contributed by atoms with van der Waals surface area (Å²) in [6.45, 7) is 2.22. The lowest BCUT2D eigenvalue weighted by Gasteiger charge is -2.26. The van der Waals surface area contributed by atoms with Gasteiger partial charge in [0.05, 0.1) is 0 Å². The van der Waals surface area contributed by atoms with Crippen molar-refractivity contribution in [1.29, 1.82) is 0 Å². The van der Waals surface area contributed by atoms with Crippen LogP contribution >= 0.6 is 0 Å². The fourth-order valence-corrected chi connectivity index (χ4v) is 2.07. The summed E-state index contributed by atoms with van der Waals surface area (Å²) in [5.41, 5.74) is -0.240. The van der Waals surface area contributed by atoms with E-state index >= 15 is 0 Å². The molecular formula is C11H16N2O2. The van der Waals surface area contributed by atoms with Gasteiger partial charge >= 0.3 is 5.56 Å². The Bertz CT molecular complexity index is 375. The highest BCUT2D eigenvalue weighted by molar-refractivity contribution is 5.03. The molecule has 1 heterocycles. The van der Waals surface area contributed by atoms with E-state index in [1.54, 1.807) is 6.20 Å². The second kappa shape index (κ2) is 4.47. The highest BCUT2D eigenvalue weighted by Gasteiger charge is 2.21. The molecule has 1 saturated carbocycles. The van der Waals surface area contributed by atoms with E-state index in [4.69, 9.17) is 4.74 Å². The van der Waals surface area contributed by atoms with Crippen molar-refractivity contribution >= 4 is 0 Å². The van der Waals surface area contributed by atoms with Crippen LogP contribution in [0.5, 0.6) is 5.88 Å². The van der Waals surface area contributed by atoms with Crippen molar-refractivity contribution in [2.75, 3.05) is 0 Å². The maximum atomic E-state index is 11.3. The molecule has 2 unspecified atom stereocenters. The first-order chi connectivity index (χ1) is 7.25. The molecular weight excluding hydrogens is 192 g/mol. The SMILES string of the molecule is CC1CCCC(Oc2ncc[nH]c2=O)C1. The molecule has 1 aliphatic rings. The van der Waals surface area contributed by atoms with Crippen LogP contribution in [-0.2, 0) is 0 Å². The molecule has 0 aliphatic heterocycles. The number of hydrogen-bond acceptors (Lipinski definition) is 3. The smallest absolute Gasteiger partial charge is 0.310 e. The number of nitrogens with one attached hydrogen (secondary N) is 1. The maximum Gasteiger partial charge on any atom is 0.310 e. The van der Waals surface area contributed by atoms with Gasteiger partial charge in [-0.3, -0.25) is 4.79 Å². The number of rotatable bonds is 2. The van der Waals surface area contributed by atoms with Crippen LogP contribution in [0.3, 0.4) is 0 Å². The standard InChI is InChI=1S/C11H16N2O2/c1-8-3-2-4-9(7-8)15-11-10(14)12-5-6-13-11/h5-6,8-9H,2-4,7H2,1H3,(H,12,14). The van der Waals surface area contributed by atoms with E-state index in [-0.39, 0.29) is 17.5 Å². The maximum absolute atomic E-state index is 11.3. The molecule has 1 aliphatic carbocycles. The first-order valence-corrected chi connectivity index (χ1v) is 5.46. The van der Waals surface area contributed by atoms with Gasteiger partial charge in [0.15, 0.2) is 0 Å². The summed E-state index contributed by atoms with van der Waals surface area (Å²) < 4.78 is 5.60. The zero-order valence-electron chi connectivity index (χ0n) is 8.90. The van der Waals surface area contributed by atoms with Gasteiger partial charge in [0.1, 0.15) is 6.10 Å². The summed E-state index contributed by atoms with van der Waals surface area (Å²) >= 11 is 0. The Balaban J connectivity index is 2.02. The van der Waals surface area contributed by atoms with Crippen molar-refractivity contribution in [2.24, 2.45) is 5.92 Å². The lowest BCUT2D eigenvalue weighted by Crippen LogP contribution is -2.27. The summed E-state index contributed by atoms with van der Waals surface area (Å²) in [6.07, 6.45) is 7.71. The number of ether oxygens (including phenoxy) is 1. The van der Waals surface area contributed by atoms with Crippen LogP contribution in [0, 0.1) is 5.92 Å². The minimum absolute atomic E-state index is 0.157. The fourth-order valence-electron chi connectivity index (χ4n) is 2.07. The second-order valence-electron chi connectivity index (χ2n) is 4.24. The zero-order valence-corrected chi connectivity index (χ0v) is 8.90. The van der Waals surface area contributed by atoms with E-state index in [1.165, 1.54) is 19.0 Å². The van der Waals surface area contributed by atoms with Crippen LogP contribution in [0.15, 0.2) is 17.2 Å². The van der Waals surface area contributed by atoms with E-state index in [1.807, 2.05) is 0 Å². The van der Waals surface area contributed by atoms with Gasteiger partial charge in [0.25, 0.3) is 5.88 Å². The van der Waals surface area contributed by atoms with Crippen molar-refractivity contribution in [1.82, 2.24) is 9.97 Å². The summed E-state index contributed by atoms with van der Waals surface area (Å²) in [5.74, 6) is 0.892. The van der Waals surface area contributed by atoms with Gasteiger partial charge in [-0.15, -0.1) is 0 Å². The minimum Gasteiger partial charge on any atom is -0.470 e. The normalized spacial score (nSPS) is 26.2. The van der Waals surface area contributed by atoms with E-state index < -0.39 is 0 Å². The topological polar surface area (TPSA) is 55.0 Å². The number of aromatic amines is 1. The molecule has 4 heteroatoms. The van der Waals surface area contributed by atoms with E-state index in [0.29, 0.717) is 5.92 Å². The Morgan fingerprint density at radius 2 is 2.40 bits per heavy atom. The van der Waals surface area contributed by atoms with Crippen molar-refractivity contribution in [3.63, 3.8) is 0 Å². The average Bonchev–Trinajstić information content (AvgIpc) is 2.22. The Morgan fingerprint density at radius 3 is 3.13 bits per heavy atom. The molecule has 0 radical (unpaired) electrons. The van der Waals surface area contributed by atoms with E-state index in [0.717, 1.165) is 12.8 Å². The Morgan fingerprint density at radius 1 is 1.53 bits per heavy atom. The Hall–Kier alpha value is -1.32. The molecule has 1 aromatic rings. The molecule has 0 amide bonds. The van der Waals surface area contributed by atoms with Gasteiger partial charge < -0.3 is 9.72 Å². The van der Waals surface area contributed by atoms with Crippen molar-refractivity contribution in [3.8, 4) is 5.88 Å². The third-order valence-corrected chi connectivity index (χ3v) is 2.84. The van der Waals surface area contributed by atoms with Crippen LogP contribution in [0.25, 0.3) is 0 Å². The molecule has 82 valence electrons. The van der Waals surface area contributed by atoms with Gasteiger partial charge in [-0.05, 0) is 25.2 Å². The number of hydrogen-bond donors (Lipinski definition) is 1. The quantitative estimate of drug-likeness (QED) is 0.805. The molecule has 2 rings (SSSR count). The van der Waals surface area contributed by atoms with Gasteiger partial charge in [-0.25, -0.2) is 4.98 Å². The van der Waals surface area contributed by atoms with Gasteiger partial charge in [0.2, 0.25) is 0 Å². The van der Waals surface area contributed by atoms with Gasteiger partial charge in [0, 0.05) is 12.4 Å². The highest BCUT2D eigenvalue weighted by atomic mass is 16.5. The zero-order chi connectivity index (χ0) is 10.7. The van der Waals surface area contributed by atoms with Crippen LogP contribution in [-0.4, -0.2) is 16.1 Å². The lowest BCUT2D eigenvalue weighted by atomic mass is 9.89. The third kappa shape index (κ3) is 2.58. The molecule has 1 fully saturated rings. The third-order valence-electron chi connectivity index (χ3n) is 2.84. The molecule has 0 saturated heterocycles. The Labute approximate surface area is 88.7 Å². The number of nitrogens with zero attached hydrogens (tertiary/aromatic N) is 1. The second-order valence-corrected chi connectivity index (χ2v) is 4.24. The van der Waals surface area contributed by atoms with Crippen molar-refractivity contribution in [2.45, 2.75) is 38.7 Å². The first kappa shape index (κ1) is 10.2. The predicted octanol–water partition coefficient (Wildman–Crippen LogP) is 1.73. The molecule has 0 spiro atoms.